The molecule has 2 aromatic heterocycles. The molecule has 154 valence electrons. The van der Waals surface area contributed by atoms with Gasteiger partial charge in [0.15, 0.2) is 0 Å². The van der Waals surface area contributed by atoms with Crippen molar-refractivity contribution in [2.75, 3.05) is 23.8 Å². The van der Waals surface area contributed by atoms with Crippen LogP contribution in [0.15, 0.2) is 73.1 Å². The molecular formula is C25H20FN3OS. The summed E-state index contributed by atoms with van der Waals surface area (Å²) in [6.07, 6.45) is 4.30. The number of fused-ring (bicyclic) bond motifs is 3. The number of nitrogens with zero attached hydrogens (tertiary/aromatic N) is 2. The second kappa shape index (κ2) is 7.96. The largest absolute Gasteiger partial charge is 0.388 e. The Morgan fingerprint density at radius 3 is 2.71 bits per heavy atom. The first-order valence-corrected chi connectivity index (χ1v) is 10.9. The van der Waals surface area contributed by atoms with E-state index >= 15 is 0 Å². The first-order chi connectivity index (χ1) is 15.1. The molecule has 0 fully saturated rings. The molecule has 0 atom stereocenters. The molecule has 0 bridgehead atoms. The Bertz CT molecular complexity index is 1250. The fourth-order valence-electron chi connectivity index (χ4n) is 3.91. The third-order valence-electron chi connectivity index (χ3n) is 5.52. The molecular weight excluding hydrogens is 409 g/mol. The number of rotatable bonds is 3. The van der Waals surface area contributed by atoms with E-state index in [1.54, 1.807) is 40.6 Å². The Kier molecular flexibility index (Phi) is 5.00. The van der Waals surface area contributed by atoms with Gasteiger partial charge in [-0.05, 0) is 66.6 Å². The van der Waals surface area contributed by atoms with Gasteiger partial charge in [0.1, 0.15) is 5.82 Å². The third-order valence-corrected chi connectivity index (χ3v) is 6.78. The molecule has 0 unspecified atom stereocenters. The van der Waals surface area contributed by atoms with Gasteiger partial charge in [0.2, 0.25) is 0 Å². The van der Waals surface area contributed by atoms with Gasteiger partial charge in [-0.15, -0.1) is 11.3 Å². The Labute approximate surface area is 184 Å². The average molecular weight is 430 g/mol. The van der Waals surface area contributed by atoms with Gasteiger partial charge < -0.3 is 10.2 Å². The molecule has 4 aromatic rings. The quantitative estimate of drug-likeness (QED) is 0.444. The minimum atomic E-state index is -0.352. The maximum Gasteiger partial charge on any atom is 0.258 e. The fourth-order valence-corrected chi connectivity index (χ4v) is 5.15. The van der Waals surface area contributed by atoms with Gasteiger partial charge in [-0.1, -0.05) is 6.07 Å². The number of nitrogens with one attached hydrogen (secondary N) is 1. The molecule has 1 N–H and O–H groups in total. The zero-order valence-corrected chi connectivity index (χ0v) is 17.7. The monoisotopic (exact) mass is 429 g/mol. The normalized spacial score (nSPS) is 12.6. The molecule has 2 aromatic carbocycles. The smallest absolute Gasteiger partial charge is 0.258 e. The van der Waals surface area contributed by atoms with Crippen LogP contribution >= 0.6 is 11.3 Å². The highest BCUT2D eigenvalue weighted by Crippen LogP contribution is 2.44. The van der Waals surface area contributed by atoms with Crippen LogP contribution in [0.25, 0.3) is 20.9 Å². The number of hydrogen-bond donors (Lipinski definition) is 1. The SMILES string of the molecule is CNc1ccc(C(=O)N2CCc3cc(-c4cccnc4)sc3-c3ccc(F)cc32)cc1. The second-order valence-electron chi connectivity index (χ2n) is 7.40. The predicted octanol–water partition coefficient (Wildman–Crippen LogP) is 5.86. The zero-order valence-electron chi connectivity index (χ0n) is 16.9. The van der Waals surface area contributed by atoms with E-state index in [4.69, 9.17) is 0 Å². The number of carbonyl (C=O) groups excluding carboxylic acids is 1. The van der Waals surface area contributed by atoms with Gasteiger partial charge in [0, 0.05) is 58.1 Å². The lowest BCUT2D eigenvalue weighted by Gasteiger charge is -2.23. The van der Waals surface area contributed by atoms with E-state index in [1.807, 2.05) is 37.5 Å². The molecule has 0 spiro atoms. The van der Waals surface area contributed by atoms with Crippen molar-refractivity contribution in [2.24, 2.45) is 0 Å². The highest BCUT2D eigenvalue weighted by molar-refractivity contribution is 7.19. The fraction of sp³-hybridized carbons (Fsp3) is 0.120. The maximum atomic E-state index is 14.3. The Morgan fingerprint density at radius 1 is 1.13 bits per heavy atom. The molecule has 6 heteroatoms. The lowest BCUT2D eigenvalue weighted by molar-refractivity contribution is 0.0987. The number of anilines is 2. The molecule has 1 aliphatic rings. The molecule has 3 heterocycles. The number of benzene rings is 2. The van der Waals surface area contributed by atoms with Crippen molar-refractivity contribution in [3.8, 4) is 20.9 Å². The van der Waals surface area contributed by atoms with Crippen LogP contribution in [0.4, 0.5) is 15.8 Å². The Balaban J connectivity index is 1.58. The number of halogens is 1. The summed E-state index contributed by atoms with van der Waals surface area (Å²) < 4.78 is 14.3. The summed E-state index contributed by atoms with van der Waals surface area (Å²) in [5, 5.41) is 3.06. The van der Waals surface area contributed by atoms with Crippen LogP contribution in [0.3, 0.4) is 0 Å². The molecule has 1 aliphatic heterocycles. The summed E-state index contributed by atoms with van der Waals surface area (Å²) in [4.78, 5) is 21.5. The van der Waals surface area contributed by atoms with E-state index in [0.29, 0.717) is 24.2 Å². The van der Waals surface area contributed by atoms with Crippen LogP contribution in [0.1, 0.15) is 15.9 Å². The topological polar surface area (TPSA) is 45.2 Å². The maximum absolute atomic E-state index is 14.3. The number of amides is 1. The van der Waals surface area contributed by atoms with E-state index < -0.39 is 0 Å². The molecule has 4 nitrogen and oxygen atoms in total. The van der Waals surface area contributed by atoms with Gasteiger partial charge in [0.25, 0.3) is 5.91 Å². The first-order valence-electron chi connectivity index (χ1n) is 10.1. The van der Waals surface area contributed by atoms with E-state index in [2.05, 4.69) is 16.4 Å². The first kappa shape index (κ1) is 19.5. The van der Waals surface area contributed by atoms with E-state index in [0.717, 1.165) is 32.1 Å². The minimum Gasteiger partial charge on any atom is -0.388 e. The minimum absolute atomic E-state index is 0.128. The molecule has 0 aliphatic carbocycles. The number of thiophene rings is 1. The summed E-state index contributed by atoms with van der Waals surface area (Å²) in [5.41, 5.74) is 5.23. The van der Waals surface area contributed by atoms with Crippen molar-refractivity contribution in [1.82, 2.24) is 4.98 Å². The highest BCUT2D eigenvalue weighted by atomic mass is 32.1. The molecule has 31 heavy (non-hydrogen) atoms. The molecule has 0 saturated carbocycles. The second-order valence-corrected chi connectivity index (χ2v) is 8.45. The standard InChI is InChI=1S/C25H20FN3OS/c1-27-20-7-4-16(5-8-20)25(30)29-12-10-17-13-23(18-3-2-11-28-15-18)31-24(17)21-9-6-19(26)14-22(21)29/h2-9,11,13-15,27H,10,12H2,1H3. The Morgan fingerprint density at radius 2 is 1.97 bits per heavy atom. The van der Waals surface area contributed by atoms with Gasteiger partial charge >= 0.3 is 0 Å². The van der Waals surface area contributed by atoms with Crippen LogP contribution in [-0.4, -0.2) is 24.5 Å². The number of carbonyl (C=O) groups is 1. The van der Waals surface area contributed by atoms with Crippen LogP contribution < -0.4 is 10.2 Å². The number of aromatic nitrogens is 1. The van der Waals surface area contributed by atoms with Gasteiger partial charge in [-0.25, -0.2) is 4.39 Å². The van der Waals surface area contributed by atoms with Crippen molar-refractivity contribution in [3.63, 3.8) is 0 Å². The van der Waals surface area contributed by atoms with Crippen LogP contribution in [0.5, 0.6) is 0 Å². The summed E-state index contributed by atoms with van der Waals surface area (Å²) in [7, 11) is 1.84. The van der Waals surface area contributed by atoms with E-state index in [-0.39, 0.29) is 11.7 Å². The molecule has 5 rings (SSSR count). The lowest BCUT2D eigenvalue weighted by atomic mass is 10.1. The van der Waals surface area contributed by atoms with Gasteiger partial charge in [-0.2, -0.15) is 0 Å². The average Bonchev–Trinajstić information content (AvgIpc) is 3.18. The van der Waals surface area contributed by atoms with Crippen molar-refractivity contribution < 1.29 is 9.18 Å². The molecule has 0 radical (unpaired) electrons. The predicted molar refractivity (Wildman–Crippen MR) is 124 cm³/mol. The van der Waals surface area contributed by atoms with E-state index in [1.165, 1.54) is 12.1 Å². The van der Waals surface area contributed by atoms with Crippen molar-refractivity contribution >= 4 is 28.6 Å². The highest BCUT2D eigenvalue weighted by Gasteiger charge is 2.27. The van der Waals surface area contributed by atoms with Crippen LogP contribution in [0.2, 0.25) is 0 Å². The van der Waals surface area contributed by atoms with Crippen LogP contribution in [0, 0.1) is 5.82 Å². The van der Waals surface area contributed by atoms with Crippen LogP contribution in [-0.2, 0) is 6.42 Å². The third kappa shape index (κ3) is 3.59. The van der Waals surface area contributed by atoms with Crippen molar-refractivity contribution in [1.29, 1.82) is 0 Å². The van der Waals surface area contributed by atoms with E-state index in [9.17, 15) is 9.18 Å². The Hall–Kier alpha value is -3.51. The zero-order chi connectivity index (χ0) is 21.4. The van der Waals surface area contributed by atoms with Gasteiger partial charge in [-0.3, -0.25) is 9.78 Å². The lowest BCUT2D eigenvalue weighted by Crippen LogP contribution is -2.32. The summed E-state index contributed by atoms with van der Waals surface area (Å²) in [6, 6.07) is 18.2. The number of hydrogen-bond acceptors (Lipinski definition) is 4. The van der Waals surface area contributed by atoms with Crippen molar-refractivity contribution in [3.05, 3.63) is 90.0 Å². The summed E-state index contributed by atoms with van der Waals surface area (Å²) >= 11 is 1.66. The van der Waals surface area contributed by atoms with Gasteiger partial charge in [0.05, 0.1) is 5.69 Å². The molecule has 1 amide bonds. The number of pyridine rings is 1. The summed E-state index contributed by atoms with van der Waals surface area (Å²) in [5.74, 6) is -0.480. The van der Waals surface area contributed by atoms with Crippen molar-refractivity contribution in [2.45, 2.75) is 6.42 Å². The summed E-state index contributed by atoms with van der Waals surface area (Å²) in [6.45, 7) is 0.485. The molecule has 0 saturated heterocycles.